The molecular formula is C19H34N2. The first-order valence-corrected chi connectivity index (χ1v) is 9.48. The van der Waals surface area contributed by atoms with Gasteiger partial charge >= 0.3 is 0 Å². The number of nitrogens with zero attached hydrogens (tertiary/aromatic N) is 1. The SMILES string of the molecule is CC1CCC(/C(=C\CN2CCCC2)C2CCCCN2)CC1. The summed E-state index contributed by atoms with van der Waals surface area (Å²) < 4.78 is 0. The van der Waals surface area contributed by atoms with Crippen molar-refractivity contribution >= 4 is 0 Å². The Labute approximate surface area is 131 Å². The van der Waals surface area contributed by atoms with Crippen LogP contribution in [0.1, 0.15) is 64.7 Å². The molecule has 0 radical (unpaired) electrons. The van der Waals surface area contributed by atoms with Gasteiger partial charge in [0.25, 0.3) is 0 Å². The Bertz CT molecular complexity index is 329. The van der Waals surface area contributed by atoms with Crippen LogP contribution in [0.4, 0.5) is 0 Å². The predicted molar refractivity (Wildman–Crippen MR) is 90.5 cm³/mol. The highest BCUT2D eigenvalue weighted by Crippen LogP contribution is 2.35. The Morgan fingerprint density at radius 2 is 1.76 bits per heavy atom. The molecule has 2 nitrogen and oxygen atoms in total. The second kappa shape index (κ2) is 7.78. The number of likely N-dealkylation sites (tertiary alicyclic amines) is 1. The molecule has 3 aliphatic rings. The van der Waals surface area contributed by atoms with Crippen LogP contribution in [0.2, 0.25) is 0 Å². The Balaban J connectivity index is 1.65. The Morgan fingerprint density at radius 3 is 2.43 bits per heavy atom. The number of nitrogens with one attached hydrogen (secondary N) is 1. The molecule has 1 atom stereocenters. The van der Waals surface area contributed by atoms with Crippen LogP contribution in [0, 0.1) is 11.8 Å². The Morgan fingerprint density at radius 1 is 1.00 bits per heavy atom. The maximum absolute atomic E-state index is 3.82. The lowest BCUT2D eigenvalue weighted by Gasteiger charge is -2.35. The fourth-order valence-corrected chi connectivity index (χ4v) is 4.52. The highest BCUT2D eigenvalue weighted by atomic mass is 15.1. The molecule has 1 N–H and O–H groups in total. The molecule has 1 aliphatic carbocycles. The molecule has 0 aromatic heterocycles. The summed E-state index contributed by atoms with van der Waals surface area (Å²) in [7, 11) is 0. The topological polar surface area (TPSA) is 15.3 Å². The van der Waals surface area contributed by atoms with Gasteiger partial charge in [-0.1, -0.05) is 37.8 Å². The highest BCUT2D eigenvalue weighted by molar-refractivity contribution is 5.17. The molecule has 1 unspecified atom stereocenters. The zero-order valence-electron chi connectivity index (χ0n) is 13.9. The third kappa shape index (κ3) is 4.32. The van der Waals surface area contributed by atoms with E-state index in [1.165, 1.54) is 84.0 Å². The van der Waals surface area contributed by atoms with Crippen LogP contribution < -0.4 is 5.32 Å². The summed E-state index contributed by atoms with van der Waals surface area (Å²) in [5.41, 5.74) is 1.79. The van der Waals surface area contributed by atoms with E-state index in [-0.39, 0.29) is 0 Å². The van der Waals surface area contributed by atoms with E-state index in [0.717, 1.165) is 11.8 Å². The molecule has 0 amide bonds. The minimum atomic E-state index is 0.694. The molecule has 0 aromatic rings. The molecule has 120 valence electrons. The van der Waals surface area contributed by atoms with Crippen LogP contribution in [0.15, 0.2) is 11.6 Å². The van der Waals surface area contributed by atoms with Crippen LogP contribution in [0.3, 0.4) is 0 Å². The minimum absolute atomic E-state index is 0.694. The summed E-state index contributed by atoms with van der Waals surface area (Å²) in [6, 6.07) is 0.694. The number of rotatable bonds is 4. The molecule has 0 spiro atoms. The second-order valence-corrected chi connectivity index (χ2v) is 7.67. The van der Waals surface area contributed by atoms with Crippen molar-refractivity contribution in [2.75, 3.05) is 26.2 Å². The standard InChI is InChI=1S/C19H34N2/c1-16-7-9-17(10-8-16)18(19-6-2-3-12-20-19)11-15-21-13-4-5-14-21/h11,16-17,19-20H,2-10,12-15H2,1H3/b18-11+. The van der Waals surface area contributed by atoms with Gasteiger partial charge in [-0.3, -0.25) is 4.90 Å². The average molecular weight is 290 g/mol. The van der Waals surface area contributed by atoms with Gasteiger partial charge in [-0.25, -0.2) is 0 Å². The summed E-state index contributed by atoms with van der Waals surface area (Å²) in [5.74, 6) is 1.83. The van der Waals surface area contributed by atoms with Gasteiger partial charge in [-0.15, -0.1) is 0 Å². The molecule has 2 heterocycles. The van der Waals surface area contributed by atoms with E-state index in [1.54, 1.807) is 5.57 Å². The Hall–Kier alpha value is -0.340. The summed E-state index contributed by atoms with van der Waals surface area (Å²) in [6.45, 7) is 7.52. The summed E-state index contributed by atoms with van der Waals surface area (Å²) in [5, 5.41) is 3.82. The first-order valence-electron chi connectivity index (χ1n) is 9.48. The van der Waals surface area contributed by atoms with Gasteiger partial charge in [0, 0.05) is 12.6 Å². The first-order chi connectivity index (χ1) is 10.3. The van der Waals surface area contributed by atoms with Crippen molar-refractivity contribution in [3.05, 3.63) is 11.6 Å². The molecule has 3 fully saturated rings. The van der Waals surface area contributed by atoms with Crippen molar-refractivity contribution in [3.63, 3.8) is 0 Å². The zero-order chi connectivity index (χ0) is 14.5. The normalized spacial score (nSPS) is 36.0. The molecule has 3 rings (SSSR count). The van der Waals surface area contributed by atoms with Crippen LogP contribution in [-0.2, 0) is 0 Å². The van der Waals surface area contributed by atoms with Gasteiger partial charge in [-0.05, 0) is 70.0 Å². The lowest BCUT2D eigenvalue weighted by molar-refractivity contribution is 0.293. The first kappa shape index (κ1) is 15.6. The highest BCUT2D eigenvalue weighted by Gasteiger charge is 2.27. The third-order valence-corrected chi connectivity index (χ3v) is 5.98. The van der Waals surface area contributed by atoms with Crippen LogP contribution >= 0.6 is 0 Å². The number of piperidine rings is 1. The number of hydrogen-bond acceptors (Lipinski definition) is 2. The fourth-order valence-electron chi connectivity index (χ4n) is 4.52. The smallest absolute Gasteiger partial charge is 0.0282 e. The monoisotopic (exact) mass is 290 g/mol. The predicted octanol–water partition coefficient (Wildman–Crippen LogP) is 3.98. The van der Waals surface area contributed by atoms with Crippen molar-refractivity contribution in [1.29, 1.82) is 0 Å². The molecule has 0 bridgehead atoms. The van der Waals surface area contributed by atoms with Gasteiger partial charge in [0.1, 0.15) is 0 Å². The maximum atomic E-state index is 3.82. The largest absolute Gasteiger partial charge is 0.310 e. The van der Waals surface area contributed by atoms with Gasteiger partial charge in [0.05, 0.1) is 0 Å². The summed E-state index contributed by atoms with van der Waals surface area (Å²) in [6.07, 6.45) is 15.4. The average Bonchev–Trinajstić information content (AvgIpc) is 3.04. The second-order valence-electron chi connectivity index (χ2n) is 7.67. The van der Waals surface area contributed by atoms with Gasteiger partial charge in [0.2, 0.25) is 0 Å². The third-order valence-electron chi connectivity index (χ3n) is 5.98. The van der Waals surface area contributed by atoms with E-state index in [1.807, 2.05) is 0 Å². The van der Waals surface area contributed by atoms with Gasteiger partial charge < -0.3 is 5.32 Å². The fraction of sp³-hybridized carbons (Fsp3) is 0.895. The maximum Gasteiger partial charge on any atom is 0.0282 e. The van der Waals surface area contributed by atoms with E-state index in [4.69, 9.17) is 0 Å². The van der Waals surface area contributed by atoms with E-state index in [2.05, 4.69) is 23.2 Å². The van der Waals surface area contributed by atoms with Gasteiger partial charge in [0.15, 0.2) is 0 Å². The van der Waals surface area contributed by atoms with Crippen molar-refractivity contribution in [3.8, 4) is 0 Å². The van der Waals surface area contributed by atoms with Crippen molar-refractivity contribution in [2.45, 2.75) is 70.8 Å². The van der Waals surface area contributed by atoms with Crippen molar-refractivity contribution in [2.24, 2.45) is 11.8 Å². The van der Waals surface area contributed by atoms with Crippen LogP contribution in [-0.4, -0.2) is 37.1 Å². The Kier molecular flexibility index (Phi) is 5.76. The molecular weight excluding hydrogens is 256 g/mol. The minimum Gasteiger partial charge on any atom is -0.310 e. The molecule has 21 heavy (non-hydrogen) atoms. The molecule has 2 saturated heterocycles. The lowest BCUT2D eigenvalue weighted by Crippen LogP contribution is -2.38. The van der Waals surface area contributed by atoms with Crippen LogP contribution in [0.25, 0.3) is 0 Å². The quantitative estimate of drug-likeness (QED) is 0.788. The van der Waals surface area contributed by atoms with E-state index in [0.29, 0.717) is 6.04 Å². The van der Waals surface area contributed by atoms with E-state index >= 15 is 0 Å². The molecule has 0 aromatic carbocycles. The molecule has 2 heteroatoms. The van der Waals surface area contributed by atoms with Gasteiger partial charge in [-0.2, -0.15) is 0 Å². The molecule has 2 aliphatic heterocycles. The summed E-state index contributed by atoms with van der Waals surface area (Å²) in [4.78, 5) is 2.65. The van der Waals surface area contributed by atoms with E-state index < -0.39 is 0 Å². The van der Waals surface area contributed by atoms with Crippen molar-refractivity contribution in [1.82, 2.24) is 10.2 Å². The number of hydrogen-bond donors (Lipinski definition) is 1. The summed E-state index contributed by atoms with van der Waals surface area (Å²) >= 11 is 0. The van der Waals surface area contributed by atoms with Crippen molar-refractivity contribution < 1.29 is 0 Å². The molecule has 1 saturated carbocycles. The van der Waals surface area contributed by atoms with Crippen LogP contribution in [0.5, 0.6) is 0 Å². The lowest BCUT2D eigenvalue weighted by atomic mass is 9.76. The zero-order valence-corrected chi connectivity index (χ0v) is 13.9. The van der Waals surface area contributed by atoms with E-state index in [9.17, 15) is 0 Å².